The average Bonchev–Trinajstić information content (AvgIpc) is 4.39. The van der Waals surface area contributed by atoms with Gasteiger partial charge >= 0.3 is 0 Å². The minimum Gasteiger partial charge on any atom is -0.508 e. The topological polar surface area (TPSA) is 56.2 Å². The summed E-state index contributed by atoms with van der Waals surface area (Å²) in [4.78, 5) is 3.54. The molecule has 0 saturated heterocycles. The quantitative estimate of drug-likeness (QED) is 0.155. The first-order valence-corrected chi connectivity index (χ1v) is 27.9. The molecular weight excluding hydrogens is 959 g/mol. The minimum atomic E-state index is -0.491. The van der Waals surface area contributed by atoms with Crippen molar-refractivity contribution in [3.8, 4) is 56.0 Å². The molecule has 3 N–H and O–H groups in total. The predicted octanol–water partition coefficient (Wildman–Crippen LogP) is 20.3. The summed E-state index contributed by atoms with van der Waals surface area (Å²) in [6.07, 6.45) is 1.06. The van der Waals surface area contributed by atoms with Crippen LogP contribution in [0.2, 0.25) is 0 Å². The van der Waals surface area contributed by atoms with Gasteiger partial charge in [0.25, 0.3) is 0 Å². The highest BCUT2D eigenvalue weighted by atomic mass is 16.3. The Morgan fingerprint density at radius 2 is 0.747 bits per heavy atom. The molecule has 0 spiro atoms. The fourth-order valence-electron chi connectivity index (χ4n) is 11.3. The number of hydrogen-bond donors (Lipinski definition) is 3. The standard InChI is InChI=1S/C25H18O2.C19H13N.2C15H16.C2H6/c26-19-13-9-17(10-14-19)25(18-11-15-20(27)16-12-18)23-7-3-1-5-21(23)22-6-2-4-8-24(22)25;1-2-6-14-12(5-1)9-13-10-17-15-7-3-4-8-18(15)20-19(17)11-16(13)14;2*1-12(2)13-8-10-15(11-9-13)14-6-4-3-5-7-14;1-2/h1-16,26-27H;1-8,10-11,20H,9H2;2*3-12H,1-2H3;1-2H3. The van der Waals surface area contributed by atoms with E-state index in [1.165, 1.54) is 99.7 Å². The Kier molecular flexibility index (Phi) is 16.2. The van der Waals surface area contributed by atoms with Gasteiger partial charge in [-0.2, -0.15) is 0 Å². The maximum absolute atomic E-state index is 9.85. The summed E-state index contributed by atoms with van der Waals surface area (Å²) in [5.41, 5.74) is 22.6. The average molecular weight is 1030 g/mol. The van der Waals surface area contributed by atoms with Crippen molar-refractivity contribution in [1.29, 1.82) is 0 Å². The van der Waals surface area contributed by atoms with Crippen LogP contribution in [0.3, 0.4) is 0 Å². The van der Waals surface area contributed by atoms with Crippen LogP contribution in [0.25, 0.3) is 66.3 Å². The van der Waals surface area contributed by atoms with Crippen LogP contribution >= 0.6 is 0 Å². The summed E-state index contributed by atoms with van der Waals surface area (Å²) in [7, 11) is 0. The Balaban J connectivity index is 0.000000121. The third-order valence-electron chi connectivity index (χ3n) is 15.3. The molecule has 0 fully saturated rings. The highest BCUT2D eigenvalue weighted by molar-refractivity contribution is 6.09. The van der Waals surface area contributed by atoms with E-state index in [1.54, 1.807) is 24.3 Å². The van der Waals surface area contributed by atoms with Crippen LogP contribution in [-0.2, 0) is 11.8 Å². The van der Waals surface area contributed by atoms with E-state index in [-0.39, 0.29) is 11.5 Å². The fourth-order valence-corrected chi connectivity index (χ4v) is 11.3. The lowest BCUT2D eigenvalue weighted by Crippen LogP contribution is -2.28. The van der Waals surface area contributed by atoms with E-state index in [2.05, 4.69) is 239 Å². The van der Waals surface area contributed by atoms with E-state index in [0.29, 0.717) is 11.8 Å². The Bertz CT molecular complexity index is 3750. The SMILES string of the molecule is CC.CC(C)c1ccc(-c2ccccc2)cc1.CC(C)c1ccc(-c2ccccc2)cc1.Oc1ccc(C2(c3ccc(O)cc3)c3ccccc3-c3ccccc32)cc1.c1ccc2c(c1)Cc1cc3c(cc1-2)[nH]c1ccccc13. The Morgan fingerprint density at radius 1 is 0.342 bits per heavy atom. The third kappa shape index (κ3) is 11.0. The maximum atomic E-state index is 9.85. The molecule has 0 aliphatic heterocycles. The zero-order valence-electron chi connectivity index (χ0n) is 46.2. The second-order valence-corrected chi connectivity index (χ2v) is 20.8. The summed E-state index contributed by atoms with van der Waals surface area (Å²) >= 11 is 0. The van der Waals surface area contributed by atoms with E-state index >= 15 is 0 Å². The first kappa shape index (κ1) is 53.2. The van der Waals surface area contributed by atoms with Gasteiger partial charge in [-0.1, -0.05) is 266 Å². The van der Waals surface area contributed by atoms with Crippen molar-refractivity contribution in [2.45, 2.75) is 65.2 Å². The van der Waals surface area contributed by atoms with Crippen LogP contribution in [0.4, 0.5) is 0 Å². The van der Waals surface area contributed by atoms with Gasteiger partial charge in [0.05, 0.1) is 5.41 Å². The monoisotopic (exact) mass is 1030 g/mol. The van der Waals surface area contributed by atoms with Gasteiger partial charge in [0, 0.05) is 21.8 Å². The van der Waals surface area contributed by atoms with Crippen molar-refractivity contribution in [1.82, 2.24) is 4.98 Å². The molecule has 3 heteroatoms. The van der Waals surface area contributed by atoms with Gasteiger partial charge in [0.1, 0.15) is 11.5 Å². The van der Waals surface area contributed by atoms with Gasteiger partial charge < -0.3 is 15.2 Å². The van der Waals surface area contributed by atoms with E-state index in [1.807, 2.05) is 50.2 Å². The zero-order chi connectivity index (χ0) is 54.9. The van der Waals surface area contributed by atoms with E-state index < -0.39 is 5.41 Å². The van der Waals surface area contributed by atoms with Crippen LogP contribution in [0.15, 0.2) is 267 Å². The molecule has 79 heavy (non-hydrogen) atoms. The molecule has 0 radical (unpaired) electrons. The zero-order valence-corrected chi connectivity index (χ0v) is 46.2. The lowest BCUT2D eigenvalue weighted by molar-refractivity contribution is 0.474. The highest BCUT2D eigenvalue weighted by Gasteiger charge is 2.45. The molecule has 0 amide bonds. The van der Waals surface area contributed by atoms with Crippen molar-refractivity contribution >= 4 is 21.8 Å². The van der Waals surface area contributed by atoms with Crippen LogP contribution in [0, 0.1) is 0 Å². The molecule has 3 nitrogen and oxygen atoms in total. The number of aromatic amines is 1. The maximum Gasteiger partial charge on any atom is 0.115 e. The lowest BCUT2D eigenvalue weighted by Gasteiger charge is -2.33. The van der Waals surface area contributed by atoms with Crippen molar-refractivity contribution in [2.75, 3.05) is 0 Å². The fraction of sp³-hybridized carbons (Fsp3) is 0.132. The van der Waals surface area contributed by atoms with E-state index in [0.717, 1.165) is 17.5 Å². The first-order chi connectivity index (χ1) is 38.6. The molecule has 0 bridgehead atoms. The number of fused-ring (bicyclic) bond motifs is 9. The number of phenols is 2. The lowest BCUT2D eigenvalue weighted by atomic mass is 9.68. The van der Waals surface area contributed by atoms with Crippen LogP contribution in [0.5, 0.6) is 11.5 Å². The largest absolute Gasteiger partial charge is 0.508 e. The molecule has 390 valence electrons. The van der Waals surface area contributed by atoms with Crippen molar-refractivity contribution < 1.29 is 10.2 Å². The van der Waals surface area contributed by atoms with Gasteiger partial charge in [-0.15, -0.1) is 0 Å². The molecule has 11 aromatic carbocycles. The number of aromatic hydroxyl groups is 2. The Morgan fingerprint density at radius 3 is 1.23 bits per heavy atom. The Labute approximate surface area is 467 Å². The number of nitrogens with one attached hydrogen (secondary N) is 1. The van der Waals surface area contributed by atoms with E-state index in [4.69, 9.17) is 0 Å². The van der Waals surface area contributed by atoms with Crippen molar-refractivity contribution in [2.24, 2.45) is 0 Å². The van der Waals surface area contributed by atoms with E-state index in [9.17, 15) is 10.2 Å². The number of benzene rings is 11. The van der Waals surface area contributed by atoms with Gasteiger partial charge in [0.2, 0.25) is 0 Å². The molecule has 1 aromatic heterocycles. The summed E-state index contributed by atoms with van der Waals surface area (Å²) in [6, 6.07) is 92.4. The number of para-hydroxylation sites is 1. The smallest absolute Gasteiger partial charge is 0.115 e. The van der Waals surface area contributed by atoms with Gasteiger partial charge in [-0.05, 0) is 150 Å². The summed E-state index contributed by atoms with van der Waals surface area (Å²) < 4.78 is 0. The normalized spacial score (nSPS) is 12.1. The molecule has 2 aliphatic rings. The number of rotatable bonds is 6. The second-order valence-electron chi connectivity index (χ2n) is 20.8. The number of phenolic OH excluding ortho intramolecular Hbond substituents is 2. The van der Waals surface area contributed by atoms with Gasteiger partial charge in [-0.25, -0.2) is 0 Å². The molecule has 0 saturated carbocycles. The van der Waals surface area contributed by atoms with Crippen molar-refractivity contribution in [3.05, 3.63) is 311 Å². The molecule has 0 unspecified atom stereocenters. The Hall–Kier alpha value is -9.18. The van der Waals surface area contributed by atoms with Gasteiger partial charge in [-0.3, -0.25) is 0 Å². The number of hydrogen-bond acceptors (Lipinski definition) is 2. The van der Waals surface area contributed by atoms with Crippen LogP contribution < -0.4 is 0 Å². The number of H-pyrrole nitrogens is 1. The van der Waals surface area contributed by atoms with Crippen LogP contribution in [0.1, 0.15) is 97.9 Å². The minimum absolute atomic E-state index is 0.249. The van der Waals surface area contributed by atoms with Gasteiger partial charge in [0.15, 0.2) is 0 Å². The second kappa shape index (κ2) is 24.0. The van der Waals surface area contributed by atoms with Crippen molar-refractivity contribution in [3.63, 3.8) is 0 Å². The number of aromatic nitrogens is 1. The molecule has 1 heterocycles. The first-order valence-electron chi connectivity index (χ1n) is 27.9. The third-order valence-corrected chi connectivity index (χ3v) is 15.3. The summed E-state index contributed by atoms with van der Waals surface area (Å²) in [6.45, 7) is 12.9. The highest BCUT2D eigenvalue weighted by Crippen LogP contribution is 2.56. The van der Waals surface area contributed by atoms with Crippen LogP contribution in [-0.4, -0.2) is 15.2 Å². The molecule has 14 rings (SSSR count). The molecule has 2 aliphatic carbocycles. The molecule has 0 atom stereocenters. The summed E-state index contributed by atoms with van der Waals surface area (Å²) in [5.74, 6) is 1.71. The molecule has 12 aromatic rings. The molecular formula is C76H69NO2. The summed E-state index contributed by atoms with van der Waals surface area (Å²) in [5, 5.41) is 22.4. The predicted molar refractivity (Wildman–Crippen MR) is 334 cm³/mol.